The zero-order valence-corrected chi connectivity index (χ0v) is 22.1. The van der Waals surface area contributed by atoms with Crippen LogP contribution in [0.3, 0.4) is 0 Å². The molecular formula is C30H38N2O5. The van der Waals surface area contributed by atoms with E-state index in [0.717, 1.165) is 22.9 Å². The van der Waals surface area contributed by atoms with Gasteiger partial charge in [-0.1, -0.05) is 44.2 Å². The van der Waals surface area contributed by atoms with Gasteiger partial charge in [-0.15, -0.1) is 0 Å². The van der Waals surface area contributed by atoms with E-state index in [9.17, 15) is 14.7 Å². The van der Waals surface area contributed by atoms with Gasteiger partial charge in [-0.2, -0.15) is 0 Å². The number of hydrogen-bond acceptors (Lipinski definition) is 5. The van der Waals surface area contributed by atoms with E-state index in [0.29, 0.717) is 12.8 Å². The summed E-state index contributed by atoms with van der Waals surface area (Å²) in [6, 6.07) is 7.95. The number of epoxide rings is 1. The molecule has 3 N–H and O–H groups in total. The lowest BCUT2D eigenvalue weighted by Crippen LogP contribution is -2.59. The first kappa shape index (κ1) is 24.8. The molecule has 0 unspecified atom stereocenters. The lowest BCUT2D eigenvalue weighted by molar-refractivity contribution is -0.151. The van der Waals surface area contributed by atoms with E-state index in [4.69, 9.17) is 9.47 Å². The number of allylic oxidation sites excluding steroid dienone is 1. The topological polar surface area (TPSA) is 104 Å². The second kappa shape index (κ2) is 8.79. The Kier molecular flexibility index (Phi) is 5.90. The average Bonchev–Trinajstić information content (AvgIpc) is 3.28. The molecule has 37 heavy (non-hydrogen) atoms. The number of para-hydroxylation sites is 1. The van der Waals surface area contributed by atoms with Crippen LogP contribution in [0.25, 0.3) is 10.9 Å². The molecule has 3 heterocycles. The van der Waals surface area contributed by atoms with E-state index in [1.54, 1.807) is 0 Å². The molecule has 2 saturated heterocycles. The van der Waals surface area contributed by atoms with Crippen LogP contribution >= 0.6 is 0 Å². The number of H-pyrrole nitrogens is 1. The van der Waals surface area contributed by atoms with Gasteiger partial charge in [0.05, 0.1) is 23.9 Å². The monoisotopic (exact) mass is 506 g/mol. The van der Waals surface area contributed by atoms with Gasteiger partial charge < -0.3 is 24.9 Å². The van der Waals surface area contributed by atoms with E-state index in [1.807, 2.05) is 24.4 Å². The summed E-state index contributed by atoms with van der Waals surface area (Å²) in [4.78, 5) is 31.9. The van der Waals surface area contributed by atoms with Crippen LogP contribution in [-0.2, 0) is 25.5 Å². The van der Waals surface area contributed by atoms with Crippen molar-refractivity contribution in [1.29, 1.82) is 0 Å². The quantitative estimate of drug-likeness (QED) is 0.336. The van der Waals surface area contributed by atoms with Crippen LogP contribution in [0, 0.1) is 29.1 Å². The SMILES string of the molecule is CO[C@H]1CC(=O)[C@@]23C(=O)N[C@H](Cc4c[nH]c5ccccc45)[C@@H]2[C@@H](C)[C@]2(C)O[C@@H]2[C@H]3/C=C\C[C@H](C)C[C@H]1O. The molecule has 7 nitrogen and oxygen atoms in total. The molecular weight excluding hydrogens is 468 g/mol. The minimum Gasteiger partial charge on any atom is -0.390 e. The fourth-order valence-corrected chi connectivity index (χ4v) is 7.91. The molecule has 10 atom stereocenters. The van der Waals surface area contributed by atoms with E-state index >= 15 is 0 Å². The summed E-state index contributed by atoms with van der Waals surface area (Å²) in [5.74, 6) is -0.717. The van der Waals surface area contributed by atoms with Crippen molar-refractivity contribution in [2.75, 3.05) is 7.11 Å². The van der Waals surface area contributed by atoms with Crippen LogP contribution in [-0.4, -0.2) is 58.8 Å². The highest BCUT2D eigenvalue weighted by Crippen LogP contribution is 2.66. The van der Waals surface area contributed by atoms with Crippen molar-refractivity contribution >= 4 is 22.6 Å². The highest BCUT2D eigenvalue weighted by Gasteiger charge is 2.78. The maximum Gasteiger partial charge on any atom is 0.235 e. The summed E-state index contributed by atoms with van der Waals surface area (Å²) in [6.45, 7) is 6.36. The maximum absolute atomic E-state index is 14.4. The zero-order chi connectivity index (χ0) is 26.1. The van der Waals surface area contributed by atoms with Crippen molar-refractivity contribution in [2.24, 2.45) is 29.1 Å². The predicted octanol–water partition coefficient (Wildman–Crippen LogP) is 3.56. The molecule has 0 bridgehead atoms. The van der Waals surface area contributed by atoms with Gasteiger partial charge in [-0.25, -0.2) is 0 Å². The Morgan fingerprint density at radius 3 is 2.78 bits per heavy atom. The number of amides is 1. The average molecular weight is 507 g/mol. The number of carbonyl (C=O) groups excluding carboxylic acids is 2. The van der Waals surface area contributed by atoms with Gasteiger partial charge >= 0.3 is 0 Å². The standard InChI is InChI=1S/C30H38N2O5/c1-16-8-7-10-20-27-29(3,37-27)17(2)26-22(13-18-15-31-21-11-6-5-9-19(18)21)32-28(35)30(20,26)25(34)14-24(36-4)23(33)12-16/h5-7,9-11,15-17,20,22-24,26-27,31,33H,8,12-14H2,1-4H3,(H,32,35)/b10-7-/t16-,17+,20+,22+,23+,24-,26-,27+,29-,30+/m0/s1. The lowest BCUT2D eigenvalue weighted by atomic mass is 9.51. The number of aromatic amines is 1. The summed E-state index contributed by atoms with van der Waals surface area (Å²) in [5, 5.41) is 15.3. The number of aliphatic hydroxyl groups excluding tert-OH is 1. The van der Waals surface area contributed by atoms with E-state index < -0.39 is 17.6 Å². The summed E-state index contributed by atoms with van der Waals surface area (Å²) >= 11 is 0. The maximum atomic E-state index is 14.4. The first-order valence-electron chi connectivity index (χ1n) is 13.7. The predicted molar refractivity (Wildman–Crippen MR) is 140 cm³/mol. The van der Waals surface area contributed by atoms with Gasteiger partial charge in [0.2, 0.25) is 5.91 Å². The third-order valence-corrected chi connectivity index (χ3v) is 10.1. The number of fused-ring (bicyclic) bond motifs is 3. The van der Waals surface area contributed by atoms with Crippen LogP contribution in [0.4, 0.5) is 0 Å². The highest BCUT2D eigenvalue weighted by molar-refractivity contribution is 6.09. The van der Waals surface area contributed by atoms with Crippen molar-refractivity contribution < 1.29 is 24.2 Å². The number of methoxy groups -OCH3 is 1. The molecule has 1 aromatic carbocycles. The van der Waals surface area contributed by atoms with E-state index in [1.165, 1.54) is 7.11 Å². The lowest BCUT2D eigenvalue weighted by Gasteiger charge is -2.46. The number of rotatable bonds is 3. The first-order chi connectivity index (χ1) is 17.7. The molecule has 6 rings (SSSR count). The number of aromatic nitrogens is 1. The number of Topliss-reactive ketones (excluding diaryl/α,β-unsaturated/α-hetero) is 1. The van der Waals surface area contributed by atoms with Gasteiger partial charge in [0, 0.05) is 48.5 Å². The number of ketones is 1. The molecule has 2 aliphatic heterocycles. The number of carbonyl (C=O) groups is 2. The molecule has 4 aliphatic rings. The second-order valence-corrected chi connectivity index (χ2v) is 12.0. The molecule has 2 aromatic rings. The van der Waals surface area contributed by atoms with Gasteiger partial charge in [0.25, 0.3) is 0 Å². The summed E-state index contributed by atoms with van der Waals surface area (Å²) in [5.41, 5.74) is 0.561. The highest BCUT2D eigenvalue weighted by atomic mass is 16.6. The fourth-order valence-electron chi connectivity index (χ4n) is 7.91. The Labute approximate surface area is 218 Å². The normalized spacial score (nSPS) is 44.4. The minimum atomic E-state index is -1.25. The van der Waals surface area contributed by atoms with E-state index in [2.05, 4.69) is 49.3 Å². The second-order valence-electron chi connectivity index (χ2n) is 12.0. The first-order valence-corrected chi connectivity index (χ1v) is 13.7. The van der Waals surface area contributed by atoms with Crippen LogP contribution in [0.2, 0.25) is 0 Å². The third kappa shape index (κ3) is 3.57. The van der Waals surface area contributed by atoms with Gasteiger partial charge in [-0.3, -0.25) is 9.59 Å². The zero-order valence-electron chi connectivity index (χ0n) is 22.1. The van der Waals surface area contributed by atoms with E-state index in [-0.39, 0.29) is 59.5 Å². The Bertz CT molecular complexity index is 1250. The number of hydrogen-bond donors (Lipinski definition) is 3. The van der Waals surface area contributed by atoms with Crippen molar-refractivity contribution in [3.63, 3.8) is 0 Å². The number of aliphatic hydroxyl groups is 1. The number of ether oxygens (including phenoxy) is 2. The van der Waals surface area contributed by atoms with Crippen molar-refractivity contribution in [1.82, 2.24) is 10.3 Å². The van der Waals surface area contributed by atoms with Crippen LogP contribution in [0.15, 0.2) is 42.6 Å². The molecule has 7 heteroatoms. The van der Waals surface area contributed by atoms with Crippen molar-refractivity contribution in [3.05, 3.63) is 48.2 Å². The Morgan fingerprint density at radius 2 is 2.00 bits per heavy atom. The molecule has 1 saturated carbocycles. The van der Waals surface area contributed by atoms with Crippen LogP contribution in [0.5, 0.6) is 0 Å². The van der Waals surface area contributed by atoms with Gasteiger partial charge in [0.15, 0.2) is 5.78 Å². The smallest absolute Gasteiger partial charge is 0.235 e. The summed E-state index contributed by atoms with van der Waals surface area (Å²) in [6.07, 6.45) is 6.54. The Morgan fingerprint density at radius 1 is 1.22 bits per heavy atom. The summed E-state index contributed by atoms with van der Waals surface area (Å²) < 4.78 is 12.0. The molecule has 1 amide bonds. The molecule has 1 spiro atoms. The number of benzene rings is 1. The number of nitrogens with one attached hydrogen (secondary N) is 2. The van der Waals surface area contributed by atoms with Gasteiger partial charge in [0.1, 0.15) is 5.41 Å². The molecule has 198 valence electrons. The summed E-state index contributed by atoms with van der Waals surface area (Å²) in [7, 11) is 1.54. The third-order valence-electron chi connectivity index (χ3n) is 10.1. The molecule has 1 aromatic heterocycles. The molecule has 0 radical (unpaired) electrons. The van der Waals surface area contributed by atoms with Crippen LogP contribution in [0.1, 0.15) is 45.6 Å². The molecule has 2 aliphatic carbocycles. The molecule has 3 fully saturated rings. The Balaban J connectivity index is 1.46. The fraction of sp³-hybridized carbons (Fsp3) is 0.600. The van der Waals surface area contributed by atoms with Crippen molar-refractivity contribution in [3.8, 4) is 0 Å². The largest absolute Gasteiger partial charge is 0.390 e. The Hall–Kier alpha value is -2.48. The van der Waals surface area contributed by atoms with Gasteiger partial charge in [-0.05, 0) is 49.7 Å². The minimum absolute atomic E-state index is 0.00442. The van der Waals surface area contributed by atoms with Crippen molar-refractivity contribution in [2.45, 2.75) is 76.4 Å². The van der Waals surface area contributed by atoms with Crippen LogP contribution < -0.4 is 5.32 Å².